The van der Waals surface area contributed by atoms with Crippen LogP contribution in [0.15, 0.2) is 54.6 Å². The second-order valence-electron chi connectivity index (χ2n) is 11.2. The van der Waals surface area contributed by atoms with Gasteiger partial charge in [0.1, 0.15) is 25.0 Å². The summed E-state index contributed by atoms with van der Waals surface area (Å²) >= 11 is 0. The van der Waals surface area contributed by atoms with E-state index < -0.39 is 0 Å². The molecule has 0 aromatic heterocycles. The zero-order chi connectivity index (χ0) is 26.9. The number of para-hydroxylation sites is 1. The average Bonchev–Trinajstić information content (AvgIpc) is 2.89. The van der Waals surface area contributed by atoms with Crippen molar-refractivity contribution in [3.63, 3.8) is 0 Å². The maximum absolute atomic E-state index is 12.8. The number of carbonyl (C=O) groups excluding carboxylic acids is 1. The van der Waals surface area contributed by atoms with Crippen LogP contribution in [0, 0.1) is 0 Å². The molecular formula is C33H52NO3+. The highest BCUT2D eigenvalue weighted by Gasteiger charge is 2.32. The molecule has 2 atom stereocenters. The molecule has 0 N–H and O–H groups in total. The van der Waals surface area contributed by atoms with Crippen molar-refractivity contribution in [3.05, 3.63) is 65.7 Å². The lowest BCUT2D eigenvalue weighted by Crippen LogP contribution is -2.51. The molecule has 4 heteroatoms. The van der Waals surface area contributed by atoms with Gasteiger partial charge >= 0.3 is 5.97 Å². The molecule has 206 valence electrons. The van der Waals surface area contributed by atoms with Gasteiger partial charge in [-0.2, -0.15) is 0 Å². The topological polar surface area (TPSA) is 35.5 Å². The zero-order valence-electron chi connectivity index (χ0n) is 24.2. The van der Waals surface area contributed by atoms with Crippen molar-refractivity contribution in [2.45, 2.75) is 110 Å². The van der Waals surface area contributed by atoms with Crippen molar-refractivity contribution in [2.75, 3.05) is 20.7 Å². The van der Waals surface area contributed by atoms with Gasteiger partial charge in [0.05, 0.1) is 14.1 Å². The number of ether oxygens (including phenoxy) is 2. The third kappa shape index (κ3) is 12.2. The van der Waals surface area contributed by atoms with E-state index in [1.807, 2.05) is 44.2 Å². The molecule has 0 amide bonds. The standard InChI is InChI=1S/C33H52NO3/c1-6-7-8-9-10-11-12-13-14-18-23-31-24-19-20-25-32(31)37-28(2)27-36-33(35)29(3)34(4,5)26-30-21-16-15-17-22-30/h15-17,19-22,24-25,28-29H,6-14,18,23,26-27H2,1-5H3/q+1. The van der Waals surface area contributed by atoms with Crippen LogP contribution in [0.5, 0.6) is 5.75 Å². The van der Waals surface area contributed by atoms with Gasteiger partial charge in [-0.15, -0.1) is 0 Å². The Labute approximate surface area is 227 Å². The third-order valence-electron chi connectivity index (χ3n) is 7.38. The van der Waals surface area contributed by atoms with Gasteiger partial charge in [-0.3, -0.25) is 0 Å². The Hall–Kier alpha value is -2.33. The van der Waals surface area contributed by atoms with Gasteiger partial charge in [0.2, 0.25) is 0 Å². The van der Waals surface area contributed by atoms with Crippen molar-refractivity contribution < 1.29 is 18.8 Å². The number of aryl methyl sites for hydroxylation is 1. The molecule has 0 bridgehead atoms. The number of carbonyl (C=O) groups is 1. The van der Waals surface area contributed by atoms with E-state index in [1.165, 1.54) is 75.3 Å². The monoisotopic (exact) mass is 510 g/mol. The first-order valence-electron chi connectivity index (χ1n) is 14.6. The largest absolute Gasteiger partial charge is 0.487 e. The number of rotatable bonds is 19. The second kappa shape index (κ2) is 17.2. The van der Waals surface area contributed by atoms with Crippen molar-refractivity contribution in [2.24, 2.45) is 0 Å². The molecule has 0 spiro atoms. The second-order valence-corrected chi connectivity index (χ2v) is 11.2. The smallest absolute Gasteiger partial charge is 0.364 e. The fourth-order valence-corrected chi connectivity index (χ4v) is 4.68. The summed E-state index contributed by atoms with van der Waals surface area (Å²) in [6, 6.07) is 18.3. The SMILES string of the molecule is CCCCCCCCCCCCc1ccccc1OC(C)COC(=O)C(C)[N+](C)(C)Cc1ccccc1. The molecule has 4 nitrogen and oxygen atoms in total. The van der Waals surface area contributed by atoms with Crippen molar-refractivity contribution >= 4 is 5.97 Å². The van der Waals surface area contributed by atoms with Gasteiger partial charge in [-0.1, -0.05) is 113 Å². The van der Waals surface area contributed by atoms with Crippen LogP contribution >= 0.6 is 0 Å². The summed E-state index contributed by atoms with van der Waals surface area (Å²) in [4.78, 5) is 12.8. The molecule has 0 aliphatic rings. The van der Waals surface area contributed by atoms with E-state index in [0.717, 1.165) is 18.7 Å². The van der Waals surface area contributed by atoms with E-state index >= 15 is 0 Å². The Morgan fingerprint density at radius 3 is 2.00 bits per heavy atom. The van der Waals surface area contributed by atoms with Crippen LogP contribution in [-0.2, 0) is 22.5 Å². The van der Waals surface area contributed by atoms with Crippen LogP contribution in [-0.4, -0.2) is 43.3 Å². The number of hydrogen-bond donors (Lipinski definition) is 0. The molecule has 0 radical (unpaired) electrons. The number of quaternary nitrogens is 1. The highest BCUT2D eigenvalue weighted by molar-refractivity contribution is 5.74. The maximum atomic E-state index is 12.8. The number of unbranched alkanes of at least 4 members (excludes halogenated alkanes) is 9. The van der Waals surface area contributed by atoms with Gasteiger partial charge in [0.15, 0.2) is 6.04 Å². The normalized spacial score (nSPS) is 13.2. The van der Waals surface area contributed by atoms with E-state index in [1.54, 1.807) is 0 Å². The Balaban J connectivity index is 1.71. The van der Waals surface area contributed by atoms with Crippen molar-refractivity contribution in [3.8, 4) is 5.75 Å². The highest BCUT2D eigenvalue weighted by Crippen LogP contribution is 2.23. The molecule has 2 aromatic carbocycles. The number of benzene rings is 2. The average molecular weight is 511 g/mol. The van der Waals surface area contributed by atoms with E-state index in [2.05, 4.69) is 45.3 Å². The van der Waals surface area contributed by atoms with Gasteiger partial charge in [0.25, 0.3) is 0 Å². The Kier molecular flexibility index (Phi) is 14.4. The minimum atomic E-state index is -0.268. The molecule has 2 aromatic rings. The number of esters is 1. The van der Waals surface area contributed by atoms with Gasteiger partial charge < -0.3 is 14.0 Å². The predicted molar refractivity (Wildman–Crippen MR) is 155 cm³/mol. The molecule has 0 saturated heterocycles. The summed E-state index contributed by atoms with van der Waals surface area (Å²) < 4.78 is 12.4. The molecule has 2 rings (SSSR count). The summed E-state index contributed by atoms with van der Waals surface area (Å²) in [5, 5.41) is 0. The molecule has 0 heterocycles. The first-order valence-corrected chi connectivity index (χ1v) is 14.6. The molecule has 0 aliphatic carbocycles. The molecule has 0 fully saturated rings. The van der Waals surface area contributed by atoms with Gasteiger partial charge in [-0.05, 0) is 38.3 Å². The van der Waals surface area contributed by atoms with Crippen LogP contribution in [0.4, 0.5) is 0 Å². The predicted octanol–water partition coefficient (Wildman–Crippen LogP) is 8.13. The fourth-order valence-electron chi connectivity index (χ4n) is 4.68. The number of likely N-dealkylation sites (N-methyl/N-ethyl adjacent to an activating group) is 1. The van der Waals surface area contributed by atoms with Crippen LogP contribution in [0.1, 0.15) is 96.1 Å². The van der Waals surface area contributed by atoms with Gasteiger partial charge in [0, 0.05) is 5.56 Å². The minimum absolute atomic E-state index is 0.185. The Morgan fingerprint density at radius 2 is 1.35 bits per heavy atom. The van der Waals surface area contributed by atoms with Gasteiger partial charge in [-0.25, -0.2) is 4.79 Å². The summed E-state index contributed by atoms with van der Waals surface area (Å²) in [5.74, 6) is 0.727. The van der Waals surface area contributed by atoms with E-state index in [0.29, 0.717) is 4.48 Å². The van der Waals surface area contributed by atoms with E-state index in [4.69, 9.17) is 9.47 Å². The maximum Gasteiger partial charge on any atom is 0.364 e. The molecule has 37 heavy (non-hydrogen) atoms. The summed E-state index contributed by atoms with van der Waals surface area (Å²) in [6.45, 7) is 7.21. The van der Waals surface area contributed by atoms with Crippen LogP contribution in [0.3, 0.4) is 0 Å². The molecular weight excluding hydrogens is 458 g/mol. The summed E-state index contributed by atoms with van der Waals surface area (Å²) in [7, 11) is 4.14. The lowest BCUT2D eigenvalue weighted by atomic mass is 10.0. The Bertz CT molecular complexity index is 880. The van der Waals surface area contributed by atoms with Crippen LogP contribution in [0.25, 0.3) is 0 Å². The van der Waals surface area contributed by atoms with Crippen molar-refractivity contribution in [1.82, 2.24) is 0 Å². The lowest BCUT2D eigenvalue weighted by molar-refractivity contribution is -0.917. The van der Waals surface area contributed by atoms with E-state index in [9.17, 15) is 4.79 Å². The molecule has 0 saturated carbocycles. The zero-order valence-corrected chi connectivity index (χ0v) is 24.2. The third-order valence-corrected chi connectivity index (χ3v) is 7.38. The highest BCUT2D eigenvalue weighted by atomic mass is 16.6. The van der Waals surface area contributed by atoms with Crippen LogP contribution < -0.4 is 4.74 Å². The Morgan fingerprint density at radius 1 is 0.784 bits per heavy atom. The number of hydrogen-bond acceptors (Lipinski definition) is 3. The van der Waals surface area contributed by atoms with Crippen LogP contribution in [0.2, 0.25) is 0 Å². The quantitative estimate of drug-likeness (QED) is 0.109. The molecule has 2 unspecified atom stereocenters. The van der Waals surface area contributed by atoms with E-state index in [-0.39, 0.29) is 24.7 Å². The minimum Gasteiger partial charge on any atom is -0.487 e. The summed E-state index contributed by atoms with van der Waals surface area (Å²) in [5.41, 5.74) is 2.46. The first kappa shape index (κ1) is 30.9. The fraction of sp³-hybridized carbons (Fsp3) is 0.606. The molecule has 0 aliphatic heterocycles. The first-order chi connectivity index (χ1) is 17.8. The summed E-state index contributed by atoms with van der Waals surface area (Å²) in [6.07, 6.45) is 14.2. The van der Waals surface area contributed by atoms with Crippen molar-refractivity contribution in [1.29, 1.82) is 0 Å². The lowest BCUT2D eigenvalue weighted by Gasteiger charge is -2.34. The number of nitrogens with zero attached hydrogens (tertiary/aromatic N) is 1.